The van der Waals surface area contributed by atoms with Crippen molar-refractivity contribution in [1.29, 1.82) is 0 Å². The molecule has 0 aliphatic carbocycles. The first-order chi connectivity index (χ1) is 11.6. The van der Waals surface area contributed by atoms with Gasteiger partial charge in [0.15, 0.2) is 0 Å². The minimum Gasteiger partial charge on any atom is -0.378 e. The molecule has 0 spiro atoms. The van der Waals surface area contributed by atoms with Crippen LogP contribution in [-0.4, -0.2) is 23.9 Å². The van der Waals surface area contributed by atoms with E-state index in [0.29, 0.717) is 25.2 Å². The van der Waals surface area contributed by atoms with Crippen LogP contribution >= 0.6 is 0 Å². The summed E-state index contributed by atoms with van der Waals surface area (Å²) in [6, 6.07) is 16.3. The van der Waals surface area contributed by atoms with Gasteiger partial charge in [-0.05, 0) is 17.5 Å². The molecule has 0 bridgehead atoms. The predicted molar refractivity (Wildman–Crippen MR) is 94.1 cm³/mol. The van der Waals surface area contributed by atoms with Crippen molar-refractivity contribution in [3.63, 3.8) is 0 Å². The van der Waals surface area contributed by atoms with Crippen LogP contribution in [0, 0.1) is 10.1 Å². The molecule has 1 amide bonds. The third-order valence-electron chi connectivity index (χ3n) is 3.72. The third kappa shape index (κ3) is 5.08. The molecular formula is C18H21N3O3. The van der Waals surface area contributed by atoms with Gasteiger partial charge in [-0.15, -0.1) is 0 Å². The molecule has 1 unspecified atom stereocenters. The van der Waals surface area contributed by atoms with Crippen molar-refractivity contribution in [2.24, 2.45) is 0 Å². The molecule has 0 saturated carbocycles. The summed E-state index contributed by atoms with van der Waals surface area (Å²) in [5.41, 5.74) is 1.61. The molecule has 0 heterocycles. The Morgan fingerprint density at radius 1 is 1.08 bits per heavy atom. The zero-order valence-corrected chi connectivity index (χ0v) is 13.6. The van der Waals surface area contributed by atoms with E-state index in [4.69, 9.17) is 0 Å². The normalized spacial score (nSPS) is 11.5. The van der Waals surface area contributed by atoms with Crippen LogP contribution in [0.4, 0.5) is 11.4 Å². The van der Waals surface area contributed by atoms with E-state index in [9.17, 15) is 14.9 Å². The van der Waals surface area contributed by atoms with Crippen LogP contribution in [-0.2, 0) is 4.79 Å². The van der Waals surface area contributed by atoms with Gasteiger partial charge in [0.05, 0.1) is 4.92 Å². The summed E-state index contributed by atoms with van der Waals surface area (Å²) in [5, 5.41) is 16.7. The molecule has 0 saturated heterocycles. The summed E-state index contributed by atoms with van der Waals surface area (Å²) >= 11 is 0. The van der Waals surface area contributed by atoms with E-state index in [1.807, 2.05) is 37.3 Å². The number of anilines is 1. The molecule has 6 nitrogen and oxygen atoms in total. The summed E-state index contributed by atoms with van der Waals surface area (Å²) in [6.07, 6.45) is 0.412. The maximum absolute atomic E-state index is 12.0. The number of nitrogens with one attached hydrogen (secondary N) is 2. The van der Waals surface area contributed by atoms with Crippen LogP contribution in [0.3, 0.4) is 0 Å². The number of para-hydroxylation sites is 2. The first kappa shape index (κ1) is 17.5. The number of nitro groups is 1. The van der Waals surface area contributed by atoms with Gasteiger partial charge in [-0.1, -0.05) is 49.4 Å². The Kier molecular flexibility index (Phi) is 6.31. The minimum absolute atomic E-state index is 0.0292. The van der Waals surface area contributed by atoms with Gasteiger partial charge in [0.25, 0.3) is 5.69 Å². The van der Waals surface area contributed by atoms with Crippen molar-refractivity contribution < 1.29 is 9.72 Å². The number of hydrogen-bond acceptors (Lipinski definition) is 4. The smallest absolute Gasteiger partial charge is 0.292 e. The highest BCUT2D eigenvalue weighted by molar-refractivity contribution is 5.76. The van der Waals surface area contributed by atoms with Crippen LogP contribution in [0.2, 0.25) is 0 Å². The number of carbonyl (C=O) groups is 1. The fourth-order valence-corrected chi connectivity index (χ4v) is 2.43. The molecular weight excluding hydrogens is 306 g/mol. The van der Waals surface area contributed by atoms with Gasteiger partial charge < -0.3 is 10.6 Å². The van der Waals surface area contributed by atoms with Crippen molar-refractivity contribution in [2.45, 2.75) is 19.3 Å². The first-order valence-corrected chi connectivity index (χ1v) is 7.87. The second kappa shape index (κ2) is 8.67. The fourth-order valence-electron chi connectivity index (χ4n) is 2.43. The van der Waals surface area contributed by atoms with E-state index in [-0.39, 0.29) is 17.5 Å². The van der Waals surface area contributed by atoms with E-state index in [1.54, 1.807) is 18.2 Å². The Morgan fingerprint density at radius 3 is 2.46 bits per heavy atom. The Bertz CT molecular complexity index is 689. The van der Waals surface area contributed by atoms with E-state index in [1.165, 1.54) is 6.07 Å². The van der Waals surface area contributed by atoms with E-state index in [0.717, 1.165) is 5.56 Å². The van der Waals surface area contributed by atoms with E-state index >= 15 is 0 Å². The van der Waals surface area contributed by atoms with E-state index in [2.05, 4.69) is 10.6 Å². The summed E-state index contributed by atoms with van der Waals surface area (Å²) in [4.78, 5) is 22.5. The van der Waals surface area contributed by atoms with Crippen LogP contribution in [0.15, 0.2) is 54.6 Å². The second-order valence-electron chi connectivity index (χ2n) is 5.57. The number of nitrogens with zero attached hydrogens (tertiary/aromatic N) is 1. The molecule has 2 aromatic rings. The highest BCUT2D eigenvalue weighted by Crippen LogP contribution is 2.22. The Balaban J connectivity index is 1.74. The molecule has 0 fully saturated rings. The van der Waals surface area contributed by atoms with Gasteiger partial charge in [-0.2, -0.15) is 0 Å². The Morgan fingerprint density at radius 2 is 1.75 bits per heavy atom. The molecule has 0 aromatic heterocycles. The van der Waals surface area contributed by atoms with Crippen LogP contribution in [0.25, 0.3) is 0 Å². The summed E-state index contributed by atoms with van der Waals surface area (Å²) < 4.78 is 0. The number of benzene rings is 2. The zero-order chi connectivity index (χ0) is 17.4. The molecule has 126 valence electrons. The van der Waals surface area contributed by atoms with Crippen molar-refractivity contribution >= 4 is 17.3 Å². The summed E-state index contributed by atoms with van der Waals surface area (Å²) in [7, 11) is 0. The quantitative estimate of drug-likeness (QED) is 0.442. The number of carbonyl (C=O) groups excluding carboxylic acids is 1. The standard InChI is InChI=1S/C18H21N3O3/c1-14(15-7-3-2-4-8-15)13-18(22)20-12-11-19-16-9-5-6-10-17(16)21(23)24/h2-10,14,19H,11-13H2,1H3,(H,20,22). The number of rotatable bonds is 8. The molecule has 0 radical (unpaired) electrons. The summed E-state index contributed by atoms with van der Waals surface area (Å²) in [5.74, 6) is 0.116. The maximum atomic E-state index is 12.0. The average molecular weight is 327 g/mol. The van der Waals surface area contributed by atoms with Gasteiger partial charge in [0.1, 0.15) is 5.69 Å². The van der Waals surface area contributed by atoms with Gasteiger partial charge in [-0.25, -0.2) is 0 Å². The van der Waals surface area contributed by atoms with Crippen molar-refractivity contribution in [3.05, 3.63) is 70.3 Å². The van der Waals surface area contributed by atoms with Gasteiger partial charge in [0, 0.05) is 25.6 Å². The molecule has 2 N–H and O–H groups in total. The summed E-state index contributed by atoms with van der Waals surface area (Å²) in [6.45, 7) is 2.85. The highest BCUT2D eigenvalue weighted by Gasteiger charge is 2.12. The lowest BCUT2D eigenvalue weighted by Crippen LogP contribution is -2.29. The molecule has 2 rings (SSSR count). The highest BCUT2D eigenvalue weighted by atomic mass is 16.6. The van der Waals surface area contributed by atoms with Crippen LogP contribution in [0.1, 0.15) is 24.8 Å². The predicted octanol–water partition coefficient (Wildman–Crippen LogP) is 3.32. The molecule has 24 heavy (non-hydrogen) atoms. The van der Waals surface area contributed by atoms with Gasteiger partial charge in [0.2, 0.25) is 5.91 Å². The lowest BCUT2D eigenvalue weighted by atomic mass is 9.98. The van der Waals surface area contributed by atoms with Crippen molar-refractivity contribution in [1.82, 2.24) is 5.32 Å². The first-order valence-electron chi connectivity index (χ1n) is 7.87. The second-order valence-corrected chi connectivity index (χ2v) is 5.57. The lowest BCUT2D eigenvalue weighted by Gasteiger charge is -2.12. The molecule has 0 aliphatic rings. The largest absolute Gasteiger partial charge is 0.378 e. The average Bonchev–Trinajstić information content (AvgIpc) is 2.59. The molecule has 1 atom stereocenters. The minimum atomic E-state index is -0.428. The Hall–Kier alpha value is -2.89. The SMILES string of the molecule is CC(CC(=O)NCCNc1ccccc1[N+](=O)[O-])c1ccccc1. The number of hydrogen-bond donors (Lipinski definition) is 2. The van der Waals surface area contributed by atoms with E-state index < -0.39 is 4.92 Å². The fraction of sp³-hybridized carbons (Fsp3) is 0.278. The lowest BCUT2D eigenvalue weighted by molar-refractivity contribution is -0.384. The number of nitro benzene ring substituents is 1. The van der Waals surface area contributed by atoms with Crippen molar-refractivity contribution in [3.8, 4) is 0 Å². The number of amides is 1. The maximum Gasteiger partial charge on any atom is 0.292 e. The third-order valence-corrected chi connectivity index (χ3v) is 3.72. The van der Waals surface area contributed by atoms with Crippen LogP contribution < -0.4 is 10.6 Å². The zero-order valence-electron chi connectivity index (χ0n) is 13.6. The van der Waals surface area contributed by atoms with Gasteiger partial charge >= 0.3 is 0 Å². The van der Waals surface area contributed by atoms with Crippen LogP contribution in [0.5, 0.6) is 0 Å². The van der Waals surface area contributed by atoms with Crippen molar-refractivity contribution in [2.75, 3.05) is 18.4 Å². The molecule has 0 aliphatic heterocycles. The monoisotopic (exact) mass is 327 g/mol. The molecule has 2 aromatic carbocycles. The topological polar surface area (TPSA) is 84.3 Å². The molecule has 6 heteroatoms. The van der Waals surface area contributed by atoms with Gasteiger partial charge in [-0.3, -0.25) is 14.9 Å². The Labute approximate surface area is 141 Å².